The van der Waals surface area contributed by atoms with E-state index in [0.717, 1.165) is 29.0 Å². The van der Waals surface area contributed by atoms with Gasteiger partial charge in [0.25, 0.3) is 5.91 Å². The van der Waals surface area contributed by atoms with Crippen LogP contribution in [0.2, 0.25) is 0 Å². The van der Waals surface area contributed by atoms with Crippen molar-refractivity contribution in [3.05, 3.63) is 28.8 Å². The Bertz CT molecular complexity index is 674. The molecule has 3 aliphatic rings. The van der Waals surface area contributed by atoms with Crippen molar-refractivity contribution >= 4 is 17.4 Å². The normalized spacial score (nSPS) is 19.9. The Morgan fingerprint density at radius 3 is 2.63 bits per heavy atom. The van der Waals surface area contributed by atoms with E-state index >= 15 is 0 Å². The Balaban J connectivity index is 1.95. The summed E-state index contributed by atoms with van der Waals surface area (Å²) < 4.78 is 10.7. The van der Waals surface area contributed by atoms with Crippen molar-refractivity contribution in [1.82, 2.24) is 4.90 Å². The highest BCUT2D eigenvalue weighted by Gasteiger charge is 2.39. The lowest BCUT2D eigenvalue weighted by molar-refractivity contribution is -0.138. The molecule has 2 aliphatic heterocycles. The number of Topliss-reactive ketones (excluding diaryl/α,β-unsaturated/α-hetero) is 1. The Kier molecular flexibility index (Phi) is 1.88. The van der Waals surface area contributed by atoms with Crippen molar-refractivity contribution in [2.45, 2.75) is 12.8 Å². The fourth-order valence-electron chi connectivity index (χ4n) is 2.94. The molecule has 4 rings (SSSR count). The summed E-state index contributed by atoms with van der Waals surface area (Å²) in [5, 5.41) is 0. The van der Waals surface area contributed by atoms with Crippen molar-refractivity contribution in [2.24, 2.45) is 0 Å². The van der Waals surface area contributed by atoms with E-state index in [0.29, 0.717) is 17.7 Å². The van der Waals surface area contributed by atoms with Crippen molar-refractivity contribution < 1.29 is 19.1 Å². The fraction of sp³-hybridized carbons (Fsp3) is 0.286. The molecular formula is C14H11NO4. The monoisotopic (exact) mass is 257 g/mol. The number of benzene rings is 1. The molecule has 0 spiro atoms. The van der Waals surface area contributed by atoms with Crippen LogP contribution < -0.4 is 9.47 Å². The van der Waals surface area contributed by atoms with Crippen LogP contribution >= 0.6 is 0 Å². The van der Waals surface area contributed by atoms with Gasteiger partial charge >= 0.3 is 0 Å². The third kappa shape index (κ3) is 1.24. The highest BCUT2D eigenvalue weighted by molar-refractivity contribution is 6.48. The summed E-state index contributed by atoms with van der Waals surface area (Å²) in [6, 6.07) is 3.82. The van der Waals surface area contributed by atoms with Gasteiger partial charge in [0.15, 0.2) is 11.5 Å². The summed E-state index contributed by atoms with van der Waals surface area (Å²) >= 11 is 0. The van der Waals surface area contributed by atoms with E-state index in [4.69, 9.17) is 9.47 Å². The third-order valence-corrected chi connectivity index (χ3v) is 3.89. The first-order valence-corrected chi connectivity index (χ1v) is 6.15. The van der Waals surface area contributed by atoms with E-state index in [1.54, 1.807) is 7.05 Å². The lowest BCUT2D eigenvalue weighted by atomic mass is 9.89. The first-order chi connectivity index (χ1) is 9.16. The Morgan fingerprint density at radius 2 is 1.84 bits per heavy atom. The number of aryl methyl sites for hydroxylation is 1. The maximum absolute atomic E-state index is 11.9. The molecule has 1 aliphatic carbocycles. The first kappa shape index (κ1) is 10.6. The van der Waals surface area contributed by atoms with Crippen LogP contribution in [0, 0.1) is 0 Å². The molecular weight excluding hydrogens is 246 g/mol. The van der Waals surface area contributed by atoms with Gasteiger partial charge in [-0.25, -0.2) is 0 Å². The van der Waals surface area contributed by atoms with E-state index in [-0.39, 0.29) is 12.6 Å². The molecule has 0 aromatic heterocycles. The van der Waals surface area contributed by atoms with Crippen LogP contribution in [0.3, 0.4) is 0 Å². The van der Waals surface area contributed by atoms with Crippen molar-refractivity contribution in [2.75, 3.05) is 13.8 Å². The lowest BCUT2D eigenvalue weighted by Crippen LogP contribution is -2.24. The zero-order chi connectivity index (χ0) is 13.1. The van der Waals surface area contributed by atoms with Gasteiger partial charge in [0.1, 0.15) is 0 Å². The molecule has 0 fully saturated rings. The molecule has 0 saturated carbocycles. The molecule has 0 N–H and O–H groups in total. The largest absolute Gasteiger partial charge is 0.454 e. The fourth-order valence-corrected chi connectivity index (χ4v) is 2.94. The standard InChI is InChI=1S/C14H11NO4/c1-15-12-8(13(16)14(15)17)3-2-7-4-10-11(5-9(7)12)19-6-18-10/h4-5H,2-3,6H2,1H3. The van der Waals surface area contributed by atoms with Gasteiger partial charge < -0.3 is 14.4 Å². The van der Waals surface area contributed by atoms with Crippen molar-refractivity contribution in [3.63, 3.8) is 0 Å². The molecule has 0 bridgehead atoms. The number of rotatable bonds is 0. The van der Waals surface area contributed by atoms with Gasteiger partial charge in [-0.3, -0.25) is 9.59 Å². The molecule has 1 aromatic rings. The van der Waals surface area contributed by atoms with Crippen LogP contribution in [0.15, 0.2) is 17.7 Å². The number of amides is 1. The summed E-state index contributed by atoms with van der Waals surface area (Å²) in [5.41, 5.74) is 3.36. The average Bonchev–Trinajstić information content (AvgIpc) is 2.95. The highest BCUT2D eigenvalue weighted by atomic mass is 16.7. The van der Waals surface area contributed by atoms with Gasteiger partial charge in [0.2, 0.25) is 12.6 Å². The quantitative estimate of drug-likeness (QED) is 0.653. The molecule has 5 heteroatoms. The zero-order valence-electron chi connectivity index (χ0n) is 10.4. The maximum atomic E-state index is 11.9. The number of fused-ring (bicyclic) bond motifs is 3. The number of hydrogen-bond acceptors (Lipinski definition) is 4. The van der Waals surface area contributed by atoms with Crippen LogP contribution in [0.1, 0.15) is 17.5 Å². The number of ether oxygens (including phenoxy) is 2. The Morgan fingerprint density at radius 1 is 1.11 bits per heavy atom. The number of nitrogens with zero attached hydrogens (tertiary/aromatic N) is 1. The van der Waals surface area contributed by atoms with E-state index in [1.807, 2.05) is 12.1 Å². The van der Waals surface area contributed by atoms with Crippen LogP contribution in [-0.2, 0) is 16.0 Å². The summed E-state index contributed by atoms with van der Waals surface area (Å²) in [7, 11) is 1.64. The molecule has 2 heterocycles. The molecule has 0 unspecified atom stereocenters. The lowest BCUT2D eigenvalue weighted by Gasteiger charge is -2.21. The molecule has 5 nitrogen and oxygen atoms in total. The Labute approximate surface area is 109 Å². The minimum atomic E-state index is -0.449. The van der Waals surface area contributed by atoms with Crippen LogP contribution in [0.25, 0.3) is 5.70 Å². The van der Waals surface area contributed by atoms with Gasteiger partial charge in [-0.2, -0.15) is 0 Å². The predicted molar refractivity (Wildman–Crippen MR) is 65.6 cm³/mol. The van der Waals surface area contributed by atoms with E-state index < -0.39 is 5.91 Å². The zero-order valence-corrected chi connectivity index (χ0v) is 10.4. The van der Waals surface area contributed by atoms with Gasteiger partial charge in [-0.05, 0) is 30.5 Å². The van der Waals surface area contributed by atoms with Gasteiger partial charge in [0, 0.05) is 18.2 Å². The average molecular weight is 257 g/mol. The van der Waals surface area contributed by atoms with Crippen LogP contribution in [0.5, 0.6) is 11.5 Å². The predicted octanol–water partition coefficient (Wildman–Crippen LogP) is 1.11. The number of carbonyl (C=O) groups is 2. The smallest absolute Gasteiger partial charge is 0.298 e. The molecule has 1 aromatic carbocycles. The third-order valence-electron chi connectivity index (χ3n) is 3.89. The second-order valence-corrected chi connectivity index (χ2v) is 4.88. The first-order valence-electron chi connectivity index (χ1n) is 6.15. The van der Waals surface area contributed by atoms with Crippen molar-refractivity contribution in [3.8, 4) is 11.5 Å². The molecule has 0 radical (unpaired) electrons. The van der Waals surface area contributed by atoms with Crippen LogP contribution in [-0.4, -0.2) is 30.4 Å². The van der Waals surface area contributed by atoms with Gasteiger partial charge in [-0.15, -0.1) is 0 Å². The molecule has 1 amide bonds. The number of hydrogen-bond donors (Lipinski definition) is 0. The Hall–Kier alpha value is -2.30. The van der Waals surface area contributed by atoms with Gasteiger partial charge in [-0.1, -0.05) is 0 Å². The van der Waals surface area contributed by atoms with E-state index in [2.05, 4.69) is 0 Å². The van der Waals surface area contributed by atoms with Gasteiger partial charge in [0.05, 0.1) is 5.70 Å². The van der Waals surface area contributed by atoms with Crippen LogP contribution in [0.4, 0.5) is 0 Å². The SMILES string of the molecule is CN1C(=O)C(=O)C2=C1c1cc3c(cc1CC2)OCO3. The second-order valence-electron chi connectivity index (χ2n) is 4.88. The molecule has 0 atom stereocenters. The second kappa shape index (κ2) is 3.38. The topological polar surface area (TPSA) is 55.8 Å². The number of likely N-dealkylation sites (N-methyl/N-ethyl adjacent to an activating group) is 1. The highest BCUT2D eigenvalue weighted by Crippen LogP contribution is 2.43. The molecule has 0 saturated heterocycles. The molecule has 19 heavy (non-hydrogen) atoms. The summed E-state index contributed by atoms with van der Waals surface area (Å²) in [5.74, 6) is 0.588. The summed E-state index contributed by atoms with van der Waals surface area (Å²) in [4.78, 5) is 25.1. The maximum Gasteiger partial charge on any atom is 0.298 e. The summed E-state index contributed by atoms with van der Waals surface area (Å²) in [6.45, 7) is 0.220. The molecule has 96 valence electrons. The summed E-state index contributed by atoms with van der Waals surface area (Å²) in [6.07, 6.45) is 1.36. The minimum absolute atomic E-state index is 0.220. The van der Waals surface area contributed by atoms with Crippen molar-refractivity contribution in [1.29, 1.82) is 0 Å². The number of carbonyl (C=O) groups excluding carboxylic acids is 2. The minimum Gasteiger partial charge on any atom is -0.454 e. The van der Waals surface area contributed by atoms with E-state index in [1.165, 1.54) is 4.90 Å². The number of ketones is 1. The van der Waals surface area contributed by atoms with E-state index in [9.17, 15) is 9.59 Å².